The van der Waals surface area contributed by atoms with E-state index < -0.39 is 11.9 Å². The van der Waals surface area contributed by atoms with Crippen molar-refractivity contribution in [2.24, 2.45) is 0 Å². The standard InChI is InChI=1S/C18H13ClN4O2.C12H8ClN3O2/c1-25-18(24)12-10-20-23-15-9-5-2-6-11(15)16(22-17(12)23)21-14-8-4-3-7-13(14)19;1-18-12(17)8-6-14-16-9-5-3-2-4-7(9)10(13)15-11(8)16/h2-10H,1H3,(H,21,22);2-6H,1H3. The van der Waals surface area contributed by atoms with E-state index in [0.717, 1.165) is 27.5 Å². The van der Waals surface area contributed by atoms with Crippen molar-refractivity contribution in [1.29, 1.82) is 0 Å². The predicted octanol–water partition coefficient (Wildman–Crippen LogP) is 6.39. The molecule has 0 atom stereocenters. The zero-order chi connectivity index (χ0) is 30.1. The first-order valence-corrected chi connectivity index (χ1v) is 13.5. The van der Waals surface area contributed by atoms with Gasteiger partial charge in [-0.05, 0) is 36.4 Å². The van der Waals surface area contributed by atoms with Crippen molar-refractivity contribution in [2.75, 3.05) is 19.5 Å². The third kappa shape index (κ3) is 5.05. The molecular formula is C30H21Cl2N7O4. The molecule has 7 aromatic rings. The van der Waals surface area contributed by atoms with E-state index in [1.807, 2.05) is 66.7 Å². The zero-order valence-electron chi connectivity index (χ0n) is 22.7. The van der Waals surface area contributed by atoms with Crippen LogP contribution in [-0.2, 0) is 9.47 Å². The monoisotopic (exact) mass is 613 g/mol. The molecule has 0 spiro atoms. The number of esters is 2. The first-order chi connectivity index (χ1) is 20.9. The quantitative estimate of drug-likeness (QED) is 0.177. The van der Waals surface area contributed by atoms with Crippen LogP contribution in [0.15, 0.2) is 85.2 Å². The van der Waals surface area contributed by atoms with E-state index in [9.17, 15) is 9.59 Å². The van der Waals surface area contributed by atoms with Gasteiger partial charge in [-0.15, -0.1) is 0 Å². The minimum Gasteiger partial charge on any atom is -0.465 e. The number of carbonyl (C=O) groups excluding carboxylic acids is 2. The van der Waals surface area contributed by atoms with Gasteiger partial charge >= 0.3 is 11.9 Å². The van der Waals surface area contributed by atoms with E-state index in [4.69, 9.17) is 27.9 Å². The minimum absolute atomic E-state index is 0.296. The number of nitrogens with one attached hydrogen (secondary N) is 1. The second-order valence-corrected chi connectivity index (χ2v) is 9.84. The molecule has 7 rings (SSSR count). The summed E-state index contributed by atoms with van der Waals surface area (Å²) >= 11 is 12.4. The Morgan fingerprint density at radius 2 is 1.21 bits per heavy atom. The SMILES string of the molecule is COC(=O)c1cnn2c1nc(Cl)c1ccccc12.COC(=O)c1cnn2c1nc(Nc1ccccc1Cl)c1ccccc12. The van der Waals surface area contributed by atoms with Crippen molar-refractivity contribution in [3.8, 4) is 0 Å². The third-order valence-corrected chi connectivity index (χ3v) is 7.21. The van der Waals surface area contributed by atoms with E-state index in [0.29, 0.717) is 38.4 Å². The summed E-state index contributed by atoms with van der Waals surface area (Å²) in [5.74, 6) is -0.382. The zero-order valence-corrected chi connectivity index (χ0v) is 24.2. The molecule has 0 aliphatic carbocycles. The predicted molar refractivity (Wildman–Crippen MR) is 163 cm³/mol. The van der Waals surface area contributed by atoms with Gasteiger partial charge in [0.2, 0.25) is 0 Å². The number of para-hydroxylation sites is 3. The van der Waals surface area contributed by atoms with Crippen LogP contribution < -0.4 is 5.32 Å². The number of benzene rings is 3. The Hall–Kier alpha value is -5.26. The summed E-state index contributed by atoms with van der Waals surface area (Å²) in [5, 5.41) is 14.2. The van der Waals surface area contributed by atoms with Crippen LogP contribution in [0.3, 0.4) is 0 Å². The van der Waals surface area contributed by atoms with E-state index in [-0.39, 0.29) is 0 Å². The number of anilines is 2. The molecule has 0 radical (unpaired) electrons. The Balaban J connectivity index is 0.000000162. The van der Waals surface area contributed by atoms with Crippen LogP contribution in [-0.4, -0.2) is 55.4 Å². The van der Waals surface area contributed by atoms with Crippen molar-refractivity contribution in [3.05, 3.63) is 106 Å². The topological polar surface area (TPSA) is 125 Å². The lowest BCUT2D eigenvalue weighted by Crippen LogP contribution is -2.04. The number of fused-ring (bicyclic) bond motifs is 6. The lowest BCUT2D eigenvalue weighted by molar-refractivity contribution is 0.0593. The maximum absolute atomic E-state index is 12.0. The van der Waals surface area contributed by atoms with Gasteiger partial charge in [-0.2, -0.15) is 10.2 Å². The van der Waals surface area contributed by atoms with Crippen molar-refractivity contribution in [2.45, 2.75) is 0 Å². The highest BCUT2D eigenvalue weighted by molar-refractivity contribution is 6.34. The first-order valence-electron chi connectivity index (χ1n) is 12.8. The van der Waals surface area contributed by atoms with Crippen LogP contribution in [0.25, 0.3) is 33.1 Å². The maximum atomic E-state index is 12.0. The van der Waals surface area contributed by atoms with Crippen LogP contribution in [0, 0.1) is 0 Å². The van der Waals surface area contributed by atoms with Gasteiger partial charge in [0.1, 0.15) is 22.1 Å². The summed E-state index contributed by atoms with van der Waals surface area (Å²) in [5.41, 5.74) is 3.75. The van der Waals surface area contributed by atoms with Gasteiger partial charge < -0.3 is 14.8 Å². The first kappa shape index (κ1) is 27.9. The van der Waals surface area contributed by atoms with E-state index in [1.54, 1.807) is 15.1 Å². The van der Waals surface area contributed by atoms with Gasteiger partial charge in [0, 0.05) is 10.8 Å². The van der Waals surface area contributed by atoms with Crippen molar-refractivity contribution >= 4 is 79.7 Å². The van der Waals surface area contributed by atoms with Crippen molar-refractivity contribution in [3.63, 3.8) is 0 Å². The highest BCUT2D eigenvalue weighted by Crippen LogP contribution is 2.30. The van der Waals surface area contributed by atoms with Crippen LogP contribution >= 0.6 is 23.2 Å². The van der Waals surface area contributed by atoms with Crippen LogP contribution in [0.2, 0.25) is 10.2 Å². The summed E-state index contributed by atoms with van der Waals surface area (Å²) in [6, 6.07) is 22.5. The molecule has 4 heterocycles. The van der Waals surface area contributed by atoms with Crippen LogP contribution in [0.1, 0.15) is 20.7 Å². The van der Waals surface area contributed by atoms with Crippen LogP contribution in [0.4, 0.5) is 11.5 Å². The number of hydrogen-bond acceptors (Lipinski definition) is 9. The smallest absolute Gasteiger partial charge is 0.343 e. The van der Waals surface area contributed by atoms with Gasteiger partial charge in [-0.3, -0.25) is 0 Å². The van der Waals surface area contributed by atoms with Gasteiger partial charge in [0.05, 0.1) is 48.4 Å². The number of halogens is 2. The second kappa shape index (κ2) is 11.6. The molecule has 0 fully saturated rings. The molecule has 0 aliphatic rings. The van der Waals surface area contributed by atoms with Crippen molar-refractivity contribution < 1.29 is 19.1 Å². The fraction of sp³-hybridized carbons (Fsp3) is 0.0667. The van der Waals surface area contributed by atoms with E-state index in [2.05, 4.69) is 30.2 Å². The summed E-state index contributed by atoms with van der Waals surface area (Å²) < 4.78 is 12.7. The molecular weight excluding hydrogens is 593 g/mol. The fourth-order valence-electron chi connectivity index (χ4n) is 4.56. The number of aromatic nitrogens is 6. The Morgan fingerprint density at radius 1 is 0.698 bits per heavy atom. The molecule has 0 unspecified atom stereocenters. The van der Waals surface area contributed by atoms with Crippen LogP contribution in [0.5, 0.6) is 0 Å². The number of nitrogens with zero attached hydrogens (tertiary/aromatic N) is 6. The molecule has 0 saturated heterocycles. The summed E-state index contributed by atoms with van der Waals surface area (Å²) in [6.45, 7) is 0. The number of carbonyl (C=O) groups is 2. The fourth-order valence-corrected chi connectivity index (χ4v) is 4.98. The Morgan fingerprint density at radius 3 is 1.81 bits per heavy atom. The summed E-state index contributed by atoms with van der Waals surface area (Å²) in [6.07, 6.45) is 2.89. The van der Waals surface area contributed by atoms with E-state index >= 15 is 0 Å². The molecule has 1 N–H and O–H groups in total. The summed E-state index contributed by atoms with van der Waals surface area (Å²) in [7, 11) is 2.64. The molecule has 0 amide bonds. The molecule has 3 aromatic carbocycles. The molecule has 0 aliphatic heterocycles. The molecule has 13 heteroatoms. The average Bonchev–Trinajstić information content (AvgIpc) is 3.67. The largest absolute Gasteiger partial charge is 0.465 e. The number of hydrogen-bond donors (Lipinski definition) is 1. The Labute approximate surface area is 253 Å². The van der Waals surface area contributed by atoms with Gasteiger partial charge in [-0.1, -0.05) is 59.6 Å². The number of rotatable bonds is 4. The Bertz CT molecular complexity index is 2180. The lowest BCUT2D eigenvalue weighted by Gasteiger charge is -2.11. The molecule has 0 bridgehead atoms. The normalized spacial score (nSPS) is 11.0. The molecule has 4 aromatic heterocycles. The van der Waals surface area contributed by atoms with Gasteiger partial charge in [0.15, 0.2) is 11.3 Å². The highest BCUT2D eigenvalue weighted by Gasteiger charge is 2.19. The van der Waals surface area contributed by atoms with Crippen molar-refractivity contribution in [1.82, 2.24) is 29.2 Å². The Kier molecular flexibility index (Phi) is 7.49. The van der Waals surface area contributed by atoms with Gasteiger partial charge in [0.25, 0.3) is 0 Å². The lowest BCUT2D eigenvalue weighted by atomic mass is 10.2. The summed E-state index contributed by atoms with van der Waals surface area (Å²) in [4.78, 5) is 32.4. The third-order valence-electron chi connectivity index (χ3n) is 6.59. The number of methoxy groups -OCH3 is 2. The molecule has 0 saturated carbocycles. The highest BCUT2D eigenvalue weighted by atomic mass is 35.5. The number of ether oxygens (including phenoxy) is 2. The minimum atomic E-state index is -0.485. The van der Waals surface area contributed by atoms with E-state index in [1.165, 1.54) is 26.6 Å². The molecule has 214 valence electrons. The van der Waals surface area contributed by atoms with Gasteiger partial charge in [-0.25, -0.2) is 28.6 Å². The molecule has 11 nitrogen and oxygen atoms in total. The molecule has 43 heavy (non-hydrogen) atoms. The second-order valence-electron chi connectivity index (χ2n) is 9.07. The average molecular weight is 614 g/mol. The maximum Gasteiger partial charge on any atom is 0.343 e.